The van der Waals surface area contributed by atoms with Crippen LogP contribution in [-0.2, 0) is 19.1 Å². The smallest absolute Gasteiger partial charge is 0.322 e. The van der Waals surface area contributed by atoms with Crippen LogP contribution in [0.2, 0.25) is 0 Å². The Morgan fingerprint density at radius 3 is 2.40 bits per heavy atom. The number of methoxy groups -OCH3 is 1. The van der Waals surface area contributed by atoms with Crippen molar-refractivity contribution in [2.75, 3.05) is 20.2 Å². The van der Waals surface area contributed by atoms with Crippen molar-refractivity contribution in [3.05, 3.63) is 0 Å². The Morgan fingerprint density at radius 1 is 1.36 bits per heavy atom. The number of nitrogens with two attached hydrogens (primary N) is 1. The number of carbonyl (C=O) groups excluding carboxylic acids is 3. The van der Waals surface area contributed by atoms with E-state index in [0.717, 1.165) is 12.8 Å². The van der Waals surface area contributed by atoms with Crippen LogP contribution in [0.3, 0.4) is 0 Å². The Balaban J connectivity index is 0.00000312. The fourth-order valence-electron chi connectivity index (χ4n) is 3.66. The quantitative estimate of drug-likeness (QED) is 0.712. The number of nitrogens with one attached hydrogen (secondary N) is 1. The second kappa shape index (κ2) is 7.91. The van der Waals surface area contributed by atoms with Gasteiger partial charge in [-0.15, -0.1) is 12.4 Å². The summed E-state index contributed by atoms with van der Waals surface area (Å²) in [6, 6.07) is -0.775. The fraction of sp³-hybridized carbons (Fsp3) is 0.824. The summed E-state index contributed by atoms with van der Waals surface area (Å²) in [6.07, 6.45) is 2.44. The van der Waals surface area contributed by atoms with Crippen molar-refractivity contribution >= 4 is 30.2 Å². The van der Waals surface area contributed by atoms with Gasteiger partial charge in [0, 0.05) is 30.0 Å². The van der Waals surface area contributed by atoms with Crippen LogP contribution in [0.4, 0.5) is 0 Å². The Hall–Kier alpha value is -1.34. The van der Waals surface area contributed by atoms with E-state index in [4.69, 9.17) is 5.73 Å². The molecule has 2 fully saturated rings. The zero-order chi connectivity index (χ0) is 18.1. The highest BCUT2D eigenvalue weighted by Crippen LogP contribution is 2.37. The molecule has 1 spiro atoms. The summed E-state index contributed by atoms with van der Waals surface area (Å²) in [5.74, 6) is -0.672. The highest BCUT2D eigenvalue weighted by atomic mass is 35.5. The number of ether oxygens (including phenoxy) is 1. The van der Waals surface area contributed by atoms with E-state index in [9.17, 15) is 14.4 Å². The van der Waals surface area contributed by atoms with Gasteiger partial charge in [0.15, 0.2) is 0 Å². The van der Waals surface area contributed by atoms with Gasteiger partial charge in [-0.2, -0.15) is 0 Å². The molecule has 0 aromatic carbocycles. The first-order valence-corrected chi connectivity index (χ1v) is 8.53. The van der Waals surface area contributed by atoms with Crippen molar-refractivity contribution in [1.29, 1.82) is 0 Å². The molecular formula is C17H30ClN3O4. The molecular weight excluding hydrogens is 346 g/mol. The summed E-state index contributed by atoms with van der Waals surface area (Å²) in [6.45, 7) is 7.04. The van der Waals surface area contributed by atoms with Crippen LogP contribution < -0.4 is 11.1 Å². The lowest BCUT2D eigenvalue weighted by molar-refractivity contribution is -0.143. The van der Waals surface area contributed by atoms with Crippen LogP contribution >= 0.6 is 12.4 Å². The molecule has 0 aromatic rings. The lowest BCUT2D eigenvalue weighted by Gasteiger charge is -2.41. The lowest BCUT2D eigenvalue weighted by atomic mass is 9.81. The van der Waals surface area contributed by atoms with Crippen LogP contribution in [0.5, 0.6) is 0 Å². The zero-order valence-corrected chi connectivity index (χ0v) is 16.3. The molecule has 2 unspecified atom stereocenters. The zero-order valence-electron chi connectivity index (χ0n) is 15.5. The topological polar surface area (TPSA) is 102 Å². The maximum atomic E-state index is 12.4. The molecule has 144 valence electrons. The monoisotopic (exact) mass is 375 g/mol. The number of nitrogens with zero attached hydrogens (tertiary/aromatic N) is 1. The minimum Gasteiger partial charge on any atom is -0.468 e. The molecule has 7 nitrogen and oxygen atoms in total. The predicted octanol–water partition coefficient (Wildman–Crippen LogP) is 0.842. The highest BCUT2D eigenvalue weighted by Gasteiger charge is 2.47. The van der Waals surface area contributed by atoms with Gasteiger partial charge in [-0.05, 0) is 25.7 Å². The van der Waals surface area contributed by atoms with Crippen LogP contribution in [0.25, 0.3) is 0 Å². The van der Waals surface area contributed by atoms with Crippen molar-refractivity contribution in [2.24, 2.45) is 17.1 Å². The minimum atomic E-state index is -0.775. The number of carbonyl (C=O) groups is 3. The second-order valence-electron chi connectivity index (χ2n) is 8.08. The van der Waals surface area contributed by atoms with Gasteiger partial charge in [0.05, 0.1) is 7.11 Å². The number of hydrogen-bond donors (Lipinski definition) is 2. The second-order valence-corrected chi connectivity index (χ2v) is 8.08. The molecule has 25 heavy (non-hydrogen) atoms. The third-order valence-corrected chi connectivity index (χ3v) is 5.09. The molecule has 3 N–H and O–H groups in total. The van der Waals surface area contributed by atoms with E-state index >= 15 is 0 Å². The maximum absolute atomic E-state index is 12.4. The summed E-state index contributed by atoms with van der Waals surface area (Å²) in [7, 11) is 1.29. The molecule has 2 rings (SSSR count). The van der Waals surface area contributed by atoms with Crippen molar-refractivity contribution < 1.29 is 19.1 Å². The van der Waals surface area contributed by atoms with Crippen molar-refractivity contribution in [3.8, 4) is 0 Å². The molecule has 0 radical (unpaired) electrons. The van der Waals surface area contributed by atoms with E-state index in [1.54, 1.807) is 0 Å². The molecule has 0 saturated carbocycles. The molecule has 2 saturated heterocycles. The first-order chi connectivity index (χ1) is 11.1. The number of piperidine rings is 1. The van der Waals surface area contributed by atoms with Gasteiger partial charge in [-0.3, -0.25) is 14.4 Å². The molecule has 2 amide bonds. The average Bonchev–Trinajstić information content (AvgIpc) is 2.81. The largest absolute Gasteiger partial charge is 0.468 e. The molecule has 2 heterocycles. The first kappa shape index (κ1) is 21.7. The summed E-state index contributed by atoms with van der Waals surface area (Å²) in [4.78, 5) is 38.0. The van der Waals surface area contributed by atoms with Crippen molar-refractivity contribution in [1.82, 2.24) is 10.2 Å². The van der Waals surface area contributed by atoms with Crippen LogP contribution in [0, 0.1) is 11.3 Å². The van der Waals surface area contributed by atoms with E-state index < -0.39 is 12.0 Å². The van der Waals surface area contributed by atoms with E-state index in [2.05, 4.69) is 10.1 Å². The van der Waals surface area contributed by atoms with E-state index in [-0.39, 0.29) is 41.1 Å². The number of amides is 2. The molecule has 0 aromatic heterocycles. The molecule has 2 atom stereocenters. The summed E-state index contributed by atoms with van der Waals surface area (Å²) >= 11 is 0. The maximum Gasteiger partial charge on any atom is 0.322 e. The normalized spacial score (nSPS) is 23.6. The number of esters is 1. The van der Waals surface area contributed by atoms with Gasteiger partial charge in [-0.25, -0.2) is 0 Å². The molecule has 2 aliphatic heterocycles. The molecule has 0 bridgehead atoms. The Bertz CT molecular complexity index is 524. The van der Waals surface area contributed by atoms with Gasteiger partial charge in [-0.1, -0.05) is 20.8 Å². The van der Waals surface area contributed by atoms with Gasteiger partial charge in [0.25, 0.3) is 0 Å². The Kier molecular flexibility index (Phi) is 6.87. The van der Waals surface area contributed by atoms with Crippen LogP contribution in [-0.4, -0.2) is 54.5 Å². The van der Waals surface area contributed by atoms with Crippen LogP contribution in [0.1, 0.15) is 46.5 Å². The fourth-order valence-corrected chi connectivity index (χ4v) is 3.66. The van der Waals surface area contributed by atoms with E-state index in [1.165, 1.54) is 7.11 Å². The number of halogens is 1. The van der Waals surface area contributed by atoms with E-state index in [0.29, 0.717) is 25.9 Å². The van der Waals surface area contributed by atoms with Crippen molar-refractivity contribution in [2.45, 2.75) is 58.0 Å². The van der Waals surface area contributed by atoms with Gasteiger partial charge >= 0.3 is 5.97 Å². The third kappa shape index (κ3) is 4.85. The van der Waals surface area contributed by atoms with Gasteiger partial charge < -0.3 is 20.7 Å². The van der Waals surface area contributed by atoms with Gasteiger partial charge in [0.2, 0.25) is 11.8 Å². The van der Waals surface area contributed by atoms with E-state index in [1.807, 2.05) is 25.7 Å². The summed E-state index contributed by atoms with van der Waals surface area (Å²) in [5.41, 5.74) is 5.13. The molecule has 8 heteroatoms. The van der Waals surface area contributed by atoms with Crippen LogP contribution in [0.15, 0.2) is 0 Å². The Morgan fingerprint density at radius 2 is 1.92 bits per heavy atom. The standard InChI is InChI=1S/C17H29N3O4.ClH/c1-16(2,3)15(23)20-7-5-17(6-8-20)10-11(13(21)19-17)9-12(18)14(22)24-4;/h11-12H,5-10,18H2,1-4H3,(H,19,21);1H. The number of hydrogen-bond acceptors (Lipinski definition) is 5. The lowest BCUT2D eigenvalue weighted by Crippen LogP contribution is -2.53. The predicted molar refractivity (Wildman–Crippen MR) is 96.1 cm³/mol. The molecule has 0 aliphatic carbocycles. The van der Waals surface area contributed by atoms with Gasteiger partial charge in [0.1, 0.15) is 6.04 Å². The highest BCUT2D eigenvalue weighted by molar-refractivity contribution is 5.85. The molecule has 2 aliphatic rings. The first-order valence-electron chi connectivity index (χ1n) is 8.53. The average molecular weight is 376 g/mol. The summed E-state index contributed by atoms with van der Waals surface area (Å²) in [5, 5.41) is 3.10. The van der Waals surface area contributed by atoms with Crippen molar-refractivity contribution in [3.63, 3.8) is 0 Å². The summed E-state index contributed by atoms with van der Waals surface area (Å²) < 4.78 is 4.63. The minimum absolute atomic E-state index is 0. The number of likely N-dealkylation sites (tertiary alicyclic amines) is 1. The third-order valence-electron chi connectivity index (χ3n) is 5.09. The SMILES string of the molecule is COC(=O)C(N)CC1CC2(CCN(C(=O)C(C)(C)C)CC2)NC1=O.Cl. The number of rotatable bonds is 3. The Labute approximate surface area is 155 Å².